The average Bonchev–Trinajstić information content (AvgIpc) is 3.25. The second kappa shape index (κ2) is 8.84. The van der Waals surface area contributed by atoms with Gasteiger partial charge >= 0.3 is 5.97 Å². The van der Waals surface area contributed by atoms with Crippen molar-refractivity contribution in [3.8, 4) is 0 Å². The highest BCUT2D eigenvalue weighted by Crippen LogP contribution is 2.35. The third-order valence-electron chi connectivity index (χ3n) is 5.40. The van der Waals surface area contributed by atoms with Crippen molar-refractivity contribution in [2.45, 2.75) is 20.3 Å². The normalized spacial score (nSPS) is 12.3. The van der Waals surface area contributed by atoms with E-state index in [9.17, 15) is 4.79 Å². The molecule has 4 nitrogen and oxygen atoms in total. The monoisotopic (exact) mass is 408 g/mol. The Hall–Kier alpha value is -3.92. The van der Waals surface area contributed by atoms with E-state index in [2.05, 4.69) is 78.6 Å². The molecule has 0 bridgehead atoms. The van der Waals surface area contributed by atoms with Gasteiger partial charge in [0.1, 0.15) is 0 Å². The summed E-state index contributed by atoms with van der Waals surface area (Å²) >= 11 is 0. The Morgan fingerprint density at radius 1 is 0.968 bits per heavy atom. The van der Waals surface area contributed by atoms with Crippen molar-refractivity contribution in [2.24, 2.45) is 0 Å². The summed E-state index contributed by atoms with van der Waals surface area (Å²) in [5.41, 5.74) is 8.93. The Morgan fingerprint density at radius 3 is 2.32 bits per heavy atom. The van der Waals surface area contributed by atoms with Crippen LogP contribution in [0.25, 0.3) is 28.1 Å². The van der Waals surface area contributed by atoms with Crippen molar-refractivity contribution < 1.29 is 9.90 Å². The van der Waals surface area contributed by atoms with E-state index in [4.69, 9.17) is 5.11 Å². The number of aromatic amines is 1. The lowest BCUT2D eigenvalue weighted by atomic mass is 9.87. The number of carboxylic acids is 1. The molecule has 3 aromatic carbocycles. The van der Waals surface area contributed by atoms with Gasteiger partial charge in [0, 0.05) is 11.5 Å². The van der Waals surface area contributed by atoms with Crippen molar-refractivity contribution in [3.63, 3.8) is 0 Å². The lowest BCUT2D eigenvalue weighted by Gasteiger charge is -2.17. The topological polar surface area (TPSA) is 66.0 Å². The van der Waals surface area contributed by atoms with Crippen LogP contribution in [0.2, 0.25) is 0 Å². The summed E-state index contributed by atoms with van der Waals surface area (Å²) < 4.78 is 0. The number of rotatable bonds is 6. The molecule has 0 saturated heterocycles. The van der Waals surface area contributed by atoms with Gasteiger partial charge in [-0.1, -0.05) is 67.1 Å². The third kappa shape index (κ3) is 4.48. The molecular formula is C27H24N2O2. The fourth-order valence-electron chi connectivity index (χ4n) is 3.82. The van der Waals surface area contributed by atoms with Gasteiger partial charge in [-0.2, -0.15) is 5.10 Å². The van der Waals surface area contributed by atoms with E-state index < -0.39 is 5.97 Å². The number of hydrogen-bond acceptors (Lipinski definition) is 2. The first kappa shape index (κ1) is 20.4. The third-order valence-corrected chi connectivity index (χ3v) is 5.40. The number of carbonyl (C=O) groups is 1. The van der Waals surface area contributed by atoms with Crippen LogP contribution in [-0.4, -0.2) is 21.3 Å². The van der Waals surface area contributed by atoms with Crippen LogP contribution in [0.1, 0.15) is 41.2 Å². The van der Waals surface area contributed by atoms with Crippen LogP contribution in [0.5, 0.6) is 0 Å². The molecule has 1 heterocycles. The van der Waals surface area contributed by atoms with Crippen LogP contribution >= 0.6 is 0 Å². The minimum atomic E-state index is -0.953. The molecule has 2 N–H and O–H groups in total. The van der Waals surface area contributed by atoms with Gasteiger partial charge in [-0.05, 0) is 65.0 Å². The molecule has 154 valence electrons. The summed E-state index contributed by atoms with van der Waals surface area (Å²) in [7, 11) is 0. The van der Waals surface area contributed by atoms with Crippen LogP contribution in [0, 0.1) is 6.92 Å². The molecule has 1 aromatic heterocycles. The standard InChI is InChI=1S/C27H24N2O2/c1-3-24(20-9-4-18(2)5-10-20)27(22-13-14-25-23(16-22)17-28-29-25)21-11-6-19(7-12-21)8-15-26(30)31/h4-17H,3H2,1-2H3,(H,28,29)(H,30,31)/b15-8+,27-24+. The minimum absolute atomic E-state index is 0.851. The van der Waals surface area contributed by atoms with Crippen LogP contribution < -0.4 is 0 Å². The first-order valence-electron chi connectivity index (χ1n) is 10.3. The number of aryl methyl sites for hydroxylation is 1. The van der Waals surface area contributed by atoms with E-state index in [1.54, 1.807) is 6.08 Å². The molecule has 0 aliphatic carbocycles. The van der Waals surface area contributed by atoms with E-state index in [1.807, 2.05) is 18.3 Å². The predicted molar refractivity (Wildman–Crippen MR) is 127 cm³/mol. The van der Waals surface area contributed by atoms with Crippen molar-refractivity contribution in [2.75, 3.05) is 0 Å². The number of carboxylic acid groups (broad SMARTS) is 1. The minimum Gasteiger partial charge on any atom is -0.478 e. The molecule has 0 aliphatic heterocycles. The maximum atomic E-state index is 10.8. The molecule has 4 aromatic rings. The Morgan fingerprint density at radius 2 is 1.65 bits per heavy atom. The zero-order valence-corrected chi connectivity index (χ0v) is 17.6. The molecule has 0 amide bonds. The highest BCUT2D eigenvalue weighted by atomic mass is 16.4. The molecule has 31 heavy (non-hydrogen) atoms. The van der Waals surface area contributed by atoms with Gasteiger partial charge in [0.05, 0.1) is 11.7 Å². The smallest absolute Gasteiger partial charge is 0.328 e. The molecule has 0 radical (unpaired) electrons. The maximum absolute atomic E-state index is 10.8. The van der Waals surface area contributed by atoms with E-state index in [-0.39, 0.29) is 0 Å². The molecule has 4 rings (SSSR count). The number of fused-ring (bicyclic) bond motifs is 1. The average molecular weight is 409 g/mol. The summed E-state index contributed by atoms with van der Waals surface area (Å²) in [6.07, 6.45) is 5.48. The molecule has 0 saturated carbocycles. The number of benzene rings is 3. The summed E-state index contributed by atoms with van der Waals surface area (Å²) in [6, 6.07) is 23.0. The summed E-state index contributed by atoms with van der Waals surface area (Å²) in [6.45, 7) is 4.27. The molecule has 0 aliphatic rings. The van der Waals surface area contributed by atoms with E-state index >= 15 is 0 Å². The largest absolute Gasteiger partial charge is 0.478 e. The Labute approximate surface area is 181 Å². The predicted octanol–water partition coefficient (Wildman–Crippen LogP) is 6.34. The number of nitrogens with one attached hydrogen (secondary N) is 1. The Kier molecular flexibility index (Phi) is 5.80. The SMILES string of the molecule is CC/C(=C(/c1ccc(/C=C/C(=O)O)cc1)c1ccc2[nH]ncc2c1)c1ccc(C)cc1. The molecule has 0 atom stereocenters. The van der Waals surface area contributed by atoms with Crippen LogP contribution in [0.3, 0.4) is 0 Å². The lowest BCUT2D eigenvalue weighted by Crippen LogP contribution is -1.95. The van der Waals surface area contributed by atoms with Gasteiger partial charge in [-0.15, -0.1) is 0 Å². The maximum Gasteiger partial charge on any atom is 0.328 e. The fourth-order valence-corrected chi connectivity index (χ4v) is 3.82. The van der Waals surface area contributed by atoms with E-state index in [1.165, 1.54) is 22.3 Å². The molecule has 0 fully saturated rings. The first-order valence-corrected chi connectivity index (χ1v) is 10.3. The van der Waals surface area contributed by atoms with Gasteiger partial charge in [-0.25, -0.2) is 4.79 Å². The summed E-state index contributed by atoms with van der Waals surface area (Å²) in [4.78, 5) is 10.8. The molecule has 4 heteroatoms. The van der Waals surface area contributed by atoms with Gasteiger partial charge in [0.25, 0.3) is 0 Å². The second-order valence-electron chi connectivity index (χ2n) is 7.54. The van der Waals surface area contributed by atoms with Crippen LogP contribution in [0.15, 0.2) is 79.0 Å². The van der Waals surface area contributed by atoms with E-state index in [0.29, 0.717) is 0 Å². The number of allylic oxidation sites excluding steroid dienone is 1. The quantitative estimate of drug-likeness (QED) is 0.289. The molecule has 0 spiro atoms. The van der Waals surface area contributed by atoms with Crippen molar-refractivity contribution in [3.05, 3.63) is 107 Å². The highest BCUT2D eigenvalue weighted by Gasteiger charge is 2.14. The number of aliphatic carboxylic acids is 1. The molecular weight excluding hydrogens is 384 g/mol. The lowest BCUT2D eigenvalue weighted by molar-refractivity contribution is -0.131. The van der Waals surface area contributed by atoms with Crippen LogP contribution in [-0.2, 0) is 4.79 Å². The first-order chi connectivity index (χ1) is 15.0. The van der Waals surface area contributed by atoms with E-state index in [0.717, 1.165) is 40.1 Å². The van der Waals surface area contributed by atoms with Crippen molar-refractivity contribution in [1.29, 1.82) is 0 Å². The number of nitrogens with zero attached hydrogens (tertiary/aromatic N) is 1. The van der Waals surface area contributed by atoms with Gasteiger partial charge in [0.15, 0.2) is 0 Å². The van der Waals surface area contributed by atoms with Crippen LogP contribution in [0.4, 0.5) is 0 Å². The van der Waals surface area contributed by atoms with Gasteiger partial charge < -0.3 is 5.11 Å². The molecule has 0 unspecified atom stereocenters. The zero-order valence-electron chi connectivity index (χ0n) is 17.6. The summed E-state index contributed by atoms with van der Waals surface area (Å²) in [5, 5.41) is 17.1. The number of aromatic nitrogens is 2. The Bertz CT molecular complexity index is 1280. The zero-order chi connectivity index (χ0) is 21.8. The Balaban J connectivity index is 1.89. The number of hydrogen-bond donors (Lipinski definition) is 2. The van der Waals surface area contributed by atoms with Crippen molar-refractivity contribution >= 4 is 34.1 Å². The van der Waals surface area contributed by atoms with Gasteiger partial charge in [0.2, 0.25) is 0 Å². The highest BCUT2D eigenvalue weighted by molar-refractivity contribution is 6.00. The van der Waals surface area contributed by atoms with Gasteiger partial charge in [-0.3, -0.25) is 5.10 Å². The van der Waals surface area contributed by atoms with Crippen molar-refractivity contribution in [1.82, 2.24) is 10.2 Å². The summed E-state index contributed by atoms with van der Waals surface area (Å²) in [5.74, 6) is -0.953. The number of H-pyrrole nitrogens is 1. The fraction of sp³-hybridized carbons (Fsp3) is 0.111. The second-order valence-corrected chi connectivity index (χ2v) is 7.54.